The highest BCUT2D eigenvalue weighted by atomic mass is 35.5. The number of hydrogen-bond donors (Lipinski definition) is 0. The predicted molar refractivity (Wildman–Crippen MR) is 137 cm³/mol. The van der Waals surface area contributed by atoms with Crippen molar-refractivity contribution in [2.24, 2.45) is 0 Å². The van der Waals surface area contributed by atoms with Crippen molar-refractivity contribution < 1.29 is 9.53 Å². The molecule has 1 saturated heterocycles. The molecule has 1 aliphatic heterocycles. The molecule has 0 atom stereocenters. The summed E-state index contributed by atoms with van der Waals surface area (Å²) in [6.45, 7) is 6.93. The summed E-state index contributed by atoms with van der Waals surface area (Å²) in [5.74, 6) is -0.246. The highest BCUT2D eigenvalue weighted by Gasteiger charge is 2.26. The average molecular weight is 500 g/mol. The van der Waals surface area contributed by atoms with Gasteiger partial charge in [0.2, 0.25) is 0 Å². The molecule has 0 radical (unpaired) electrons. The van der Waals surface area contributed by atoms with E-state index >= 15 is 0 Å². The lowest BCUT2D eigenvalue weighted by atomic mass is 10.1. The monoisotopic (exact) mass is 499 g/mol. The second-order valence-corrected chi connectivity index (χ2v) is 11.5. The zero-order valence-corrected chi connectivity index (χ0v) is 21.1. The molecule has 4 aromatic rings. The van der Waals surface area contributed by atoms with Crippen molar-refractivity contribution in [1.82, 2.24) is 14.5 Å². The first-order chi connectivity index (χ1) is 16.0. The molecule has 3 aromatic heterocycles. The Morgan fingerprint density at radius 1 is 1.18 bits per heavy atom. The summed E-state index contributed by atoms with van der Waals surface area (Å²) < 4.78 is 8.79. The van der Waals surface area contributed by atoms with Gasteiger partial charge in [-0.3, -0.25) is 0 Å². The number of carbonyl (C=O) groups excluding carboxylic acids is 1. The maximum absolute atomic E-state index is 13.3. The summed E-state index contributed by atoms with van der Waals surface area (Å²) in [4.78, 5) is 22.4. The van der Waals surface area contributed by atoms with Gasteiger partial charge in [-0.25, -0.2) is 9.78 Å². The highest BCUT2D eigenvalue weighted by molar-refractivity contribution is 7.23. The van der Waals surface area contributed by atoms with Crippen molar-refractivity contribution in [1.29, 1.82) is 0 Å². The molecule has 1 aliphatic rings. The largest absolute Gasteiger partial charge is 0.458 e. The molecule has 0 saturated carbocycles. The second-order valence-electron chi connectivity index (χ2n) is 8.64. The van der Waals surface area contributed by atoms with Crippen LogP contribution in [0.2, 0.25) is 4.34 Å². The number of benzene rings is 1. The van der Waals surface area contributed by atoms with Crippen LogP contribution in [0.3, 0.4) is 0 Å². The molecular weight excluding hydrogens is 474 g/mol. The zero-order valence-electron chi connectivity index (χ0n) is 18.7. The van der Waals surface area contributed by atoms with Crippen LogP contribution < -0.4 is 0 Å². The third-order valence-electron chi connectivity index (χ3n) is 6.15. The second kappa shape index (κ2) is 9.58. The first kappa shape index (κ1) is 22.6. The Labute approximate surface area is 206 Å². The number of rotatable bonds is 6. The van der Waals surface area contributed by atoms with Gasteiger partial charge in [0.25, 0.3) is 0 Å². The molecule has 172 valence electrons. The predicted octanol–water partition coefficient (Wildman–Crippen LogP) is 6.56. The molecule has 0 aliphatic carbocycles. The average Bonchev–Trinajstić information content (AvgIpc) is 3.53. The van der Waals surface area contributed by atoms with Gasteiger partial charge >= 0.3 is 5.97 Å². The third kappa shape index (κ3) is 4.87. The molecular formula is C25H26ClN3O2S2. The molecule has 4 heterocycles. The van der Waals surface area contributed by atoms with Gasteiger partial charge in [-0.2, -0.15) is 0 Å². The lowest BCUT2D eigenvalue weighted by molar-refractivity contribution is 0.00694. The van der Waals surface area contributed by atoms with Crippen molar-refractivity contribution in [3.8, 4) is 9.88 Å². The number of piperidine rings is 1. The Kier molecular flexibility index (Phi) is 6.56. The van der Waals surface area contributed by atoms with E-state index in [0.717, 1.165) is 55.9 Å². The first-order valence-electron chi connectivity index (χ1n) is 11.2. The number of hydrogen-bond acceptors (Lipinski definition) is 6. The van der Waals surface area contributed by atoms with E-state index < -0.39 is 0 Å². The van der Waals surface area contributed by atoms with Crippen LogP contribution in [0, 0.1) is 0 Å². The molecule has 1 fully saturated rings. The van der Waals surface area contributed by atoms with Crippen LogP contribution in [0.5, 0.6) is 0 Å². The SMILES string of the molecule is CC(C)N1CCC(OC(=O)c2cc3ccccc3n2Cc2cnc(-c3ccc(Cl)s3)s2)CC1. The molecule has 5 rings (SSSR count). The maximum atomic E-state index is 13.3. The minimum atomic E-state index is -0.246. The summed E-state index contributed by atoms with van der Waals surface area (Å²) in [5.41, 5.74) is 1.62. The van der Waals surface area contributed by atoms with E-state index in [4.69, 9.17) is 16.3 Å². The number of esters is 1. The van der Waals surface area contributed by atoms with Crippen LogP contribution >= 0.6 is 34.3 Å². The first-order valence-corrected chi connectivity index (χ1v) is 13.2. The normalized spacial score (nSPS) is 15.5. The fourth-order valence-electron chi connectivity index (χ4n) is 4.35. The van der Waals surface area contributed by atoms with E-state index in [1.54, 1.807) is 11.3 Å². The highest BCUT2D eigenvalue weighted by Crippen LogP contribution is 2.34. The van der Waals surface area contributed by atoms with E-state index in [2.05, 4.69) is 28.3 Å². The van der Waals surface area contributed by atoms with Gasteiger partial charge in [-0.15, -0.1) is 22.7 Å². The number of halogens is 1. The summed E-state index contributed by atoms with van der Waals surface area (Å²) in [7, 11) is 0. The number of ether oxygens (including phenoxy) is 1. The number of thiophene rings is 1. The van der Waals surface area contributed by atoms with E-state index in [-0.39, 0.29) is 12.1 Å². The molecule has 0 amide bonds. The number of carbonyl (C=O) groups is 1. The van der Waals surface area contributed by atoms with Gasteiger partial charge in [-0.05, 0) is 51.0 Å². The number of thiazole rings is 1. The quantitative estimate of drug-likeness (QED) is 0.282. The van der Waals surface area contributed by atoms with Gasteiger partial charge in [0.05, 0.1) is 15.8 Å². The van der Waals surface area contributed by atoms with Crippen molar-refractivity contribution in [3.63, 3.8) is 0 Å². The number of para-hydroxylation sites is 1. The van der Waals surface area contributed by atoms with Crippen molar-refractivity contribution in [3.05, 3.63) is 63.6 Å². The Morgan fingerprint density at radius 3 is 2.70 bits per heavy atom. The standard InChI is InChI=1S/C25H26ClN3O2S2/c1-16(2)28-11-9-18(10-12-28)31-25(30)21-13-17-5-3-4-6-20(17)29(21)15-19-14-27-24(32-19)22-7-8-23(26)33-22/h3-8,13-14,16,18H,9-12,15H2,1-2H3. The molecule has 0 bridgehead atoms. The number of nitrogens with zero attached hydrogens (tertiary/aromatic N) is 3. The third-order valence-corrected chi connectivity index (χ3v) is 8.53. The molecule has 33 heavy (non-hydrogen) atoms. The lowest BCUT2D eigenvalue weighted by Gasteiger charge is -2.34. The molecule has 0 unspecified atom stereocenters. The van der Waals surface area contributed by atoms with Crippen LogP contribution in [0.15, 0.2) is 48.7 Å². The van der Waals surface area contributed by atoms with Gasteiger partial charge in [0.1, 0.15) is 16.8 Å². The van der Waals surface area contributed by atoms with Gasteiger partial charge < -0.3 is 14.2 Å². The van der Waals surface area contributed by atoms with Crippen LogP contribution in [0.1, 0.15) is 42.1 Å². The van der Waals surface area contributed by atoms with Crippen molar-refractivity contribution in [2.45, 2.75) is 45.4 Å². The summed E-state index contributed by atoms with van der Waals surface area (Å²) >= 11 is 9.24. The zero-order chi connectivity index (χ0) is 22.9. The van der Waals surface area contributed by atoms with E-state index in [0.29, 0.717) is 18.3 Å². The Hall–Kier alpha value is -2.19. The summed E-state index contributed by atoms with van der Waals surface area (Å²) in [6.07, 6.45) is 3.62. The van der Waals surface area contributed by atoms with Gasteiger partial charge in [0.15, 0.2) is 0 Å². The van der Waals surface area contributed by atoms with E-state index in [1.165, 1.54) is 11.3 Å². The Bertz CT molecular complexity index is 1270. The van der Waals surface area contributed by atoms with E-state index in [9.17, 15) is 4.79 Å². The fourth-order valence-corrected chi connectivity index (χ4v) is 6.36. The van der Waals surface area contributed by atoms with Crippen molar-refractivity contribution in [2.75, 3.05) is 13.1 Å². The van der Waals surface area contributed by atoms with Crippen molar-refractivity contribution >= 4 is 51.1 Å². The van der Waals surface area contributed by atoms with Crippen LogP contribution in [-0.4, -0.2) is 45.7 Å². The number of fused-ring (bicyclic) bond motifs is 1. The molecule has 0 spiro atoms. The fraction of sp³-hybridized carbons (Fsp3) is 0.360. The maximum Gasteiger partial charge on any atom is 0.355 e. The molecule has 5 nitrogen and oxygen atoms in total. The van der Waals surface area contributed by atoms with E-state index in [1.807, 2.05) is 48.7 Å². The minimum Gasteiger partial charge on any atom is -0.458 e. The van der Waals surface area contributed by atoms with Gasteiger partial charge in [-0.1, -0.05) is 29.8 Å². The number of aromatic nitrogens is 2. The Morgan fingerprint density at radius 2 is 1.97 bits per heavy atom. The summed E-state index contributed by atoms with van der Waals surface area (Å²) in [6, 6.07) is 14.4. The number of likely N-dealkylation sites (tertiary alicyclic amines) is 1. The summed E-state index contributed by atoms with van der Waals surface area (Å²) in [5, 5.41) is 1.98. The molecule has 8 heteroatoms. The van der Waals surface area contributed by atoms with Crippen LogP contribution in [0.4, 0.5) is 0 Å². The smallest absolute Gasteiger partial charge is 0.355 e. The minimum absolute atomic E-state index is 0.0300. The topological polar surface area (TPSA) is 47.4 Å². The van der Waals surface area contributed by atoms with Crippen LogP contribution in [-0.2, 0) is 11.3 Å². The molecule has 0 N–H and O–H groups in total. The molecule has 1 aromatic carbocycles. The van der Waals surface area contributed by atoms with Crippen LogP contribution in [0.25, 0.3) is 20.8 Å². The lowest BCUT2D eigenvalue weighted by Crippen LogP contribution is -2.41. The van der Waals surface area contributed by atoms with Gasteiger partial charge in [0, 0.05) is 41.1 Å². The Balaban J connectivity index is 1.38.